The summed E-state index contributed by atoms with van der Waals surface area (Å²) in [5.41, 5.74) is 3.74. The molecule has 7 heteroatoms. The molecule has 4 rings (SSSR count). The molecule has 1 N–H and O–H groups in total. The number of carbonyl (C=O) groups is 2. The number of amides is 2. The van der Waals surface area contributed by atoms with Gasteiger partial charge in [-0.2, -0.15) is 0 Å². The van der Waals surface area contributed by atoms with Gasteiger partial charge in [-0.05, 0) is 53.9 Å². The lowest BCUT2D eigenvalue weighted by Gasteiger charge is -2.24. The van der Waals surface area contributed by atoms with Gasteiger partial charge in [0, 0.05) is 38.4 Å². The zero-order valence-electron chi connectivity index (χ0n) is 21.1. The highest BCUT2D eigenvalue weighted by atomic mass is 16.5. The minimum absolute atomic E-state index is 0.0897. The average molecular weight is 488 g/mol. The standard InChI is InChI=1S/C29H33N3O4/c1-21(33)31(2)26-15-16-32(19-26)25-12-10-24(11-13-25)30-29(34)18-23-9-14-27(28(17-23)35-3)36-20-22-7-5-4-6-8-22/h4-14,17,26H,15-16,18-20H2,1-3H3,(H,30,34). The van der Waals surface area contributed by atoms with Crippen molar-refractivity contribution in [2.75, 3.05) is 37.5 Å². The molecule has 0 radical (unpaired) electrons. The summed E-state index contributed by atoms with van der Waals surface area (Å²) < 4.78 is 11.4. The van der Waals surface area contributed by atoms with Crippen LogP contribution in [0.3, 0.4) is 0 Å². The Morgan fingerprint density at radius 1 is 1.00 bits per heavy atom. The first-order valence-electron chi connectivity index (χ1n) is 12.1. The molecule has 2 amide bonds. The first kappa shape index (κ1) is 25.1. The maximum Gasteiger partial charge on any atom is 0.228 e. The molecule has 1 aliphatic rings. The van der Waals surface area contributed by atoms with E-state index in [-0.39, 0.29) is 24.3 Å². The first-order valence-corrected chi connectivity index (χ1v) is 12.1. The van der Waals surface area contributed by atoms with Crippen LogP contribution in [0.4, 0.5) is 11.4 Å². The third kappa shape index (κ3) is 6.36. The molecule has 36 heavy (non-hydrogen) atoms. The molecule has 1 saturated heterocycles. The second-order valence-corrected chi connectivity index (χ2v) is 9.05. The van der Waals surface area contributed by atoms with E-state index in [0.717, 1.165) is 42.0 Å². The van der Waals surface area contributed by atoms with Crippen molar-refractivity contribution in [2.45, 2.75) is 32.4 Å². The Morgan fingerprint density at radius 2 is 1.75 bits per heavy atom. The van der Waals surface area contributed by atoms with Crippen molar-refractivity contribution in [3.8, 4) is 11.5 Å². The zero-order valence-corrected chi connectivity index (χ0v) is 21.1. The van der Waals surface area contributed by atoms with Gasteiger partial charge in [-0.15, -0.1) is 0 Å². The molecule has 0 aromatic heterocycles. The van der Waals surface area contributed by atoms with Crippen LogP contribution < -0.4 is 19.7 Å². The fourth-order valence-corrected chi connectivity index (χ4v) is 4.37. The van der Waals surface area contributed by atoms with Gasteiger partial charge in [0.1, 0.15) is 6.61 Å². The highest BCUT2D eigenvalue weighted by Gasteiger charge is 2.27. The van der Waals surface area contributed by atoms with E-state index < -0.39 is 0 Å². The van der Waals surface area contributed by atoms with E-state index in [1.807, 2.05) is 84.7 Å². The minimum atomic E-state index is -0.105. The Balaban J connectivity index is 1.31. The molecule has 3 aromatic carbocycles. The van der Waals surface area contributed by atoms with E-state index in [1.165, 1.54) is 0 Å². The maximum absolute atomic E-state index is 12.7. The van der Waals surface area contributed by atoms with Crippen molar-refractivity contribution < 1.29 is 19.1 Å². The van der Waals surface area contributed by atoms with E-state index in [4.69, 9.17) is 9.47 Å². The topological polar surface area (TPSA) is 71.1 Å². The highest BCUT2D eigenvalue weighted by Crippen LogP contribution is 2.29. The maximum atomic E-state index is 12.7. The number of anilines is 2. The van der Waals surface area contributed by atoms with Crippen molar-refractivity contribution in [2.24, 2.45) is 0 Å². The van der Waals surface area contributed by atoms with Crippen LogP contribution in [0.1, 0.15) is 24.5 Å². The normalized spacial score (nSPS) is 14.9. The fourth-order valence-electron chi connectivity index (χ4n) is 4.37. The Labute approximate surface area is 212 Å². The lowest BCUT2D eigenvalue weighted by Crippen LogP contribution is -2.37. The number of carbonyl (C=O) groups excluding carboxylic acids is 2. The third-order valence-corrected chi connectivity index (χ3v) is 6.55. The van der Waals surface area contributed by atoms with Gasteiger partial charge in [0.05, 0.1) is 19.6 Å². The Bertz CT molecular complexity index is 1180. The van der Waals surface area contributed by atoms with Gasteiger partial charge in [0.2, 0.25) is 11.8 Å². The quantitative estimate of drug-likeness (QED) is 0.481. The van der Waals surface area contributed by atoms with E-state index in [1.54, 1.807) is 14.0 Å². The van der Waals surface area contributed by atoms with Crippen molar-refractivity contribution in [1.82, 2.24) is 4.90 Å². The summed E-state index contributed by atoms with van der Waals surface area (Å²) in [6.07, 6.45) is 1.18. The molecule has 0 aliphatic carbocycles. The van der Waals surface area contributed by atoms with E-state index in [0.29, 0.717) is 18.1 Å². The molecule has 0 bridgehead atoms. The summed E-state index contributed by atoms with van der Waals surface area (Å²) in [4.78, 5) is 28.4. The SMILES string of the molecule is COc1cc(CC(=O)Nc2ccc(N3CCC(N(C)C(C)=O)C3)cc2)ccc1OCc1ccccc1. The van der Waals surface area contributed by atoms with Crippen LogP contribution in [-0.2, 0) is 22.6 Å². The van der Waals surface area contributed by atoms with Crippen molar-refractivity contribution >= 4 is 23.2 Å². The van der Waals surface area contributed by atoms with Crippen molar-refractivity contribution in [3.05, 3.63) is 83.9 Å². The van der Waals surface area contributed by atoms with Gasteiger partial charge in [-0.3, -0.25) is 9.59 Å². The summed E-state index contributed by atoms with van der Waals surface area (Å²) in [6, 6.07) is 23.6. The molecule has 1 aliphatic heterocycles. The van der Waals surface area contributed by atoms with Gasteiger partial charge in [-0.25, -0.2) is 0 Å². The molecule has 1 fully saturated rings. The lowest BCUT2D eigenvalue weighted by molar-refractivity contribution is -0.129. The number of nitrogens with zero attached hydrogens (tertiary/aromatic N) is 2. The molecule has 7 nitrogen and oxygen atoms in total. The number of methoxy groups -OCH3 is 1. The van der Waals surface area contributed by atoms with Crippen LogP contribution in [0.2, 0.25) is 0 Å². The molecular weight excluding hydrogens is 454 g/mol. The van der Waals surface area contributed by atoms with Crippen LogP contribution >= 0.6 is 0 Å². The number of likely N-dealkylation sites (N-methyl/N-ethyl adjacent to an activating group) is 1. The minimum Gasteiger partial charge on any atom is -0.493 e. The van der Waals surface area contributed by atoms with Gasteiger partial charge >= 0.3 is 0 Å². The number of nitrogens with one attached hydrogen (secondary N) is 1. The molecule has 3 aromatic rings. The number of hydrogen-bond donors (Lipinski definition) is 1. The Kier molecular flexibility index (Phi) is 8.10. The van der Waals surface area contributed by atoms with Crippen LogP contribution in [0, 0.1) is 0 Å². The summed E-state index contributed by atoms with van der Waals surface area (Å²) in [5.74, 6) is 1.22. The molecule has 1 heterocycles. The van der Waals surface area contributed by atoms with E-state index in [9.17, 15) is 9.59 Å². The monoisotopic (exact) mass is 487 g/mol. The number of ether oxygens (including phenoxy) is 2. The molecule has 0 spiro atoms. The highest BCUT2D eigenvalue weighted by molar-refractivity contribution is 5.92. The first-order chi connectivity index (χ1) is 17.4. The van der Waals surface area contributed by atoms with E-state index in [2.05, 4.69) is 10.2 Å². The molecule has 0 saturated carbocycles. The summed E-state index contributed by atoms with van der Waals surface area (Å²) >= 11 is 0. The zero-order chi connectivity index (χ0) is 25.5. The van der Waals surface area contributed by atoms with Gasteiger partial charge in [0.15, 0.2) is 11.5 Å². The lowest BCUT2D eigenvalue weighted by atomic mass is 10.1. The van der Waals surface area contributed by atoms with Crippen molar-refractivity contribution in [1.29, 1.82) is 0 Å². The van der Waals surface area contributed by atoms with Crippen LogP contribution in [0.25, 0.3) is 0 Å². The smallest absolute Gasteiger partial charge is 0.228 e. The predicted octanol–water partition coefficient (Wildman–Crippen LogP) is 4.51. The summed E-state index contributed by atoms with van der Waals surface area (Å²) in [7, 11) is 3.45. The van der Waals surface area contributed by atoms with Gasteiger partial charge in [-0.1, -0.05) is 36.4 Å². The summed E-state index contributed by atoms with van der Waals surface area (Å²) in [5, 5.41) is 2.97. The van der Waals surface area contributed by atoms with Gasteiger partial charge < -0.3 is 24.6 Å². The molecule has 188 valence electrons. The number of benzene rings is 3. The van der Waals surface area contributed by atoms with Crippen LogP contribution in [-0.4, -0.2) is 50.0 Å². The second-order valence-electron chi connectivity index (χ2n) is 9.05. The molecule has 1 atom stereocenters. The Morgan fingerprint density at radius 3 is 2.44 bits per heavy atom. The van der Waals surface area contributed by atoms with Crippen LogP contribution in [0.15, 0.2) is 72.8 Å². The molecule has 1 unspecified atom stereocenters. The van der Waals surface area contributed by atoms with E-state index >= 15 is 0 Å². The van der Waals surface area contributed by atoms with Crippen molar-refractivity contribution in [3.63, 3.8) is 0 Å². The summed E-state index contributed by atoms with van der Waals surface area (Å²) in [6.45, 7) is 3.76. The predicted molar refractivity (Wildman–Crippen MR) is 142 cm³/mol. The second kappa shape index (κ2) is 11.6. The van der Waals surface area contributed by atoms with Crippen LogP contribution in [0.5, 0.6) is 11.5 Å². The third-order valence-electron chi connectivity index (χ3n) is 6.55. The number of rotatable bonds is 9. The Hall–Kier alpha value is -4.00. The largest absolute Gasteiger partial charge is 0.493 e. The fraction of sp³-hybridized carbons (Fsp3) is 0.310. The average Bonchev–Trinajstić information content (AvgIpc) is 3.38. The number of hydrogen-bond acceptors (Lipinski definition) is 5. The molecular formula is C29H33N3O4. The van der Waals surface area contributed by atoms with Gasteiger partial charge in [0.25, 0.3) is 0 Å².